The number of nitrogens with zero attached hydrogens (tertiary/aromatic N) is 1. The molecule has 3 aromatic rings. The quantitative estimate of drug-likeness (QED) is 0.530. The number of likely N-dealkylation sites (tertiary alicyclic amines) is 1. The zero-order chi connectivity index (χ0) is 23.9. The number of ether oxygens (including phenoxy) is 3. The van der Waals surface area contributed by atoms with Crippen LogP contribution in [0.1, 0.15) is 18.4 Å². The van der Waals surface area contributed by atoms with Crippen molar-refractivity contribution >= 4 is 17.7 Å². The van der Waals surface area contributed by atoms with Gasteiger partial charge in [-0.3, -0.25) is 9.69 Å². The molecule has 176 valence electrons. The lowest BCUT2D eigenvalue weighted by molar-refractivity contribution is -0.120. The Balaban J connectivity index is 1.45. The molecule has 3 aromatic carbocycles. The van der Waals surface area contributed by atoms with E-state index in [1.54, 1.807) is 20.3 Å². The number of amides is 2. The number of anilines is 1. The summed E-state index contributed by atoms with van der Waals surface area (Å²) in [5, 5.41) is 2.92. The van der Waals surface area contributed by atoms with Crippen molar-refractivity contribution in [1.29, 1.82) is 0 Å². The van der Waals surface area contributed by atoms with Crippen LogP contribution in [-0.2, 0) is 16.1 Å². The van der Waals surface area contributed by atoms with Crippen LogP contribution >= 0.6 is 0 Å². The average Bonchev–Trinajstić information content (AvgIpc) is 3.38. The number of para-hydroxylation sites is 1. The summed E-state index contributed by atoms with van der Waals surface area (Å²) in [6, 6.07) is 22.1. The van der Waals surface area contributed by atoms with E-state index in [1.807, 2.05) is 66.7 Å². The van der Waals surface area contributed by atoms with E-state index in [-0.39, 0.29) is 12.5 Å². The monoisotopic (exact) mass is 460 g/mol. The summed E-state index contributed by atoms with van der Waals surface area (Å²) in [6.07, 6.45) is 0.830. The smallest absolute Gasteiger partial charge is 0.410 e. The second-order valence-corrected chi connectivity index (χ2v) is 8.00. The van der Waals surface area contributed by atoms with E-state index in [0.717, 1.165) is 28.9 Å². The van der Waals surface area contributed by atoms with E-state index >= 15 is 0 Å². The van der Waals surface area contributed by atoms with Gasteiger partial charge in [-0.05, 0) is 42.2 Å². The van der Waals surface area contributed by atoms with Crippen LogP contribution < -0.4 is 14.8 Å². The molecule has 0 saturated carbocycles. The second kappa shape index (κ2) is 10.7. The molecule has 1 unspecified atom stereocenters. The SMILES string of the molecule is COc1cc(-c2ccccc2OC)ccc1NC(=O)C1CCCN1C(=O)OCc1ccccc1. The minimum atomic E-state index is -0.595. The van der Waals surface area contributed by atoms with E-state index in [2.05, 4.69) is 5.32 Å². The van der Waals surface area contributed by atoms with Crippen LogP contribution in [-0.4, -0.2) is 43.7 Å². The van der Waals surface area contributed by atoms with E-state index in [4.69, 9.17) is 14.2 Å². The first-order valence-electron chi connectivity index (χ1n) is 11.2. The van der Waals surface area contributed by atoms with Crippen LogP contribution in [0.3, 0.4) is 0 Å². The molecule has 7 heteroatoms. The maximum absolute atomic E-state index is 13.1. The molecule has 0 aromatic heterocycles. The maximum Gasteiger partial charge on any atom is 0.410 e. The van der Waals surface area contributed by atoms with Gasteiger partial charge in [0.2, 0.25) is 5.91 Å². The number of carbonyl (C=O) groups is 2. The fourth-order valence-corrected chi connectivity index (χ4v) is 4.12. The Hall–Kier alpha value is -4.00. The van der Waals surface area contributed by atoms with E-state index < -0.39 is 12.1 Å². The summed E-state index contributed by atoms with van der Waals surface area (Å²) in [5.41, 5.74) is 3.26. The Labute approximate surface area is 199 Å². The van der Waals surface area contributed by atoms with Gasteiger partial charge in [0.1, 0.15) is 24.1 Å². The predicted molar refractivity (Wildman–Crippen MR) is 130 cm³/mol. The van der Waals surface area contributed by atoms with E-state index in [0.29, 0.717) is 24.4 Å². The molecule has 0 aliphatic carbocycles. The van der Waals surface area contributed by atoms with Crippen molar-refractivity contribution in [2.75, 3.05) is 26.1 Å². The molecule has 1 N–H and O–H groups in total. The first kappa shape index (κ1) is 23.2. The lowest BCUT2D eigenvalue weighted by Gasteiger charge is -2.24. The molecule has 1 aliphatic heterocycles. The zero-order valence-corrected chi connectivity index (χ0v) is 19.3. The third-order valence-electron chi connectivity index (χ3n) is 5.87. The molecule has 4 rings (SSSR count). The van der Waals surface area contributed by atoms with Crippen LogP contribution in [0.2, 0.25) is 0 Å². The topological polar surface area (TPSA) is 77.1 Å². The number of hydrogen-bond acceptors (Lipinski definition) is 5. The highest BCUT2D eigenvalue weighted by atomic mass is 16.6. The molecule has 2 amide bonds. The minimum absolute atomic E-state index is 0.169. The van der Waals surface area contributed by atoms with E-state index in [9.17, 15) is 9.59 Å². The Kier molecular flexibility index (Phi) is 7.32. The lowest BCUT2D eigenvalue weighted by Crippen LogP contribution is -2.43. The number of hydrogen-bond donors (Lipinski definition) is 1. The van der Waals surface area contributed by atoms with Crippen molar-refractivity contribution in [2.24, 2.45) is 0 Å². The maximum atomic E-state index is 13.1. The zero-order valence-electron chi connectivity index (χ0n) is 19.3. The first-order chi connectivity index (χ1) is 16.6. The van der Waals surface area contributed by atoms with Gasteiger partial charge in [0, 0.05) is 12.1 Å². The van der Waals surface area contributed by atoms with Gasteiger partial charge in [-0.15, -0.1) is 0 Å². The summed E-state index contributed by atoms with van der Waals surface area (Å²) >= 11 is 0. The normalized spacial score (nSPS) is 15.0. The molecule has 0 radical (unpaired) electrons. The fraction of sp³-hybridized carbons (Fsp3) is 0.259. The number of rotatable bonds is 7. The van der Waals surface area contributed by atoms with Crippen molar-refractivity contribution in [2.45, 2.75) is 25.5 Å². The lowest BCUT2D eigenvalue weighted by atomic mass is 10.0. The number of benzene rings is 3. The molecule has 34 heavy (non-hydrogen) atoms. The van der Waals surface area contributed by atoms with Crippen LogP contribution in [0.25, 0.3) is 11.1 Å². The molecule has 1 heterocycles. The average molecular weight is 461 g/mol. The van der Waals surface area contributed by atoms with Crippen molar-refractivity contribution < 1.29 is 23.8 Å². The number of nitrogens with one attached hydrogen (secondary N) is 1. The largest absolute Gasteiger partial charge is 0.496 e. The molecule has 0 spiro atoms. The molecular formula is C27H28N2O5. The van der Waals surface area contributed by atoms with Gasteiger partial charge in [-0.25, -0.2) is 4.79 Å². The van der Waals surface area contributed by atoms with Crippen molar-refractivity contribution in [3.05, 3.63) is 78.4 Å². The van der Waals surface area contributed by atoms with Crippen LogP contribution in [0.5, 0.6) is 11.5 Å². The van der Waals surface area contributed by atoms with Gasteiger partial charge < -0.3 is 19.5 Å². The number of methoxy groups -OCH3 is 2. The van der Waals surface area contributed by atoms with Crippen molar-refractivity contribution in [3.63, 3.8) is 0 Å². The second-order valence-electron chi connectivity index (χ2n) is 8.00. The standard InChI is InChI=1S/C27H28N2O5/c1-32-24-13-7-6-11-21(24)20-14-15-22(25(17-20)33-2)28-26(30)23-12-8-16-29(23)27(31)34-18-19-9-4-3-5-10-19/h3-7,9-11,13-15,17,23H,8,12,16,18H2,1-2H3,(H,28,30). The summed E-state index contributed by atoms with van der Waals surface area (Å²) in [7, 11) is 3.18. The number of carbonyl (C=O) groups excluding carboxylic acids is 2. The first-order valence-corrected chi connectivity index (χ1v) is 11.2. The molecule has 0 bridgehead atoms. The highest BCUT2D eigenvalue weighted by Crippen LogP contribution is 2.35. The summed E-state index contributed by atoms with van der Waals surface area (Å²) in [4.78, 5) is 27.2. The summed E-state index contributed by atoms with van der Waals surface area (Å²) in [5.74, 6) is 1.00. The van der Waals surface area contributed by atoms with Crippen LogP contribution in [0.4, 0.5) is 10.5 Å². The Morgan fingerprint density at radius 2 is 1.68 bits per heavy atom. The minimum Gasteiger partial charge on any atom is -0.496 e. The molecule has 1 saturated heterocycles. The third-order valence-corrected chi connectivity index (χ3v) is 5.87. The molecule has 7 nitrogen and oxygen atoms in total. The van der Waals surface area contributed by atoms with E-state index in [1.165, 1.54) is 4.90 Å². The van der Waals surface area contributed by atoms with Gasteiger partial charge in [0.05, 0.1) is 19.9 Å². The summed E-state index contributed by atoms with van der Waals surface area (Å²) < 4.78 is 16.4. The Bertz CT molecular complexity index is 1150. The Morgan fingerprint density at radius 1 is 0.941 bits per heavy atom. The van der Waals surface area contributed by atoms with Gasteiger partial charge >= 0.3 is 6.09 Å². The molecular weight excluding hydrogens is 432 g/mol. The Morgan fingerprint density at radius 3 is 2.44 bits per heavy atom. The van der Waals surface area contributed by atoms with Crippen LogP contribution in [0.15, 0.2) is 72.8 Å². The van der Waals surface area contributed by atoms with Gasteiger partial charge in [-0.2, -0.15) is 0 Å². The fourth-order valence-electron chi connectivity index (χ4n) is 4.12. The molecule has 1 fully saturated rings. The van der Waals surface area contributed by atoms with Crippen LogP contribution in [0, 0.1) is 0 Å². The van der Waals surface area contributed by atoms with Gasteiger partial charge in [-0.1, -0.05) is 54.6 Å². The van der Waals surface area contributed by atoms with Crippen molar-refractivity contribution in [3.8, 4) is 22.6 Å². The predicted octanol–water partition coefficient (Wildman–Crippen LogP) is 5.11. The van der Waals surface area contributed by atoms with Crippen molar-refractivity contribution in [1.82, 2.24) is 4.90 Å². The summed E-state index contributed by atoms with van der Waals surface area (Å²) in [6.45, 7) is 0.651. The molecule has 1 atom stereocenters. The molecule has 1 aliphatic rings. The third kappa shape index (κ3) is 5.14. The van der Waals surface area contributed by atoms with Gasteiger partial charge in [0.15, 0.2) is 0 Å². The highest BCUT2D eigenvalue weighted by Gasteiger charge is 2.35. The highest BCUT2D eigenvalue weighted by molar-refractivity contribution is 5.98. The van der Waals surface area contributed by atoms with Gasteiger partial charge in [0.25, 0.3) is 0 Å².